The molecule has 0 radical (unpaired) electrons. The van der Waals surface area contributed by atoms with Crippen molar-refractivity contribution in [2.24, 2.45) is 0 Å². The van der Waals surface area contributed by atoms with Gasteiger partial charge in [-0.2, -0.15) is 0 Å². The third-order valence-electron chi connectivity index (χ3n) is 3.46. The number of nitrogens with zero attached hydrogens (tertiary/aromatic N) is 2. The van der Waals surface area contributed by atoms with Gasteiger partial charge in [-0.05, 0) is 42.5 Å². The van der Waals surface area contributed by atoms with Crippen LogP contribution in [0.25, 0.3) is 11.4 Å². The zero-order valence-corrected chi connectivity index (χ0v) is 13.9. The van der Waals surface area contributed by atoms with E-state index in [2.05, 4.69) is 20.6 Å². The molecule has 0 aliphatic rings. The number of benzene rings is 2. The first-order valence-corrected chi connectivity index (χ1v) is 7.78. The third-order valence-corrected chi connectivity index (χ3v) is 3.46. The number of halogens is 1. The summed E-state index contributed by atoms with van der Waals surface area (Å²) >= 11 is 0. The molecule has 1 heterocycles. The van der Waals surface area contributed by atoms with Crippen LogP contribution < -0.4 is 10.6 Å². The van der Waals surface area contributed by atoms with Gasteiger partial charge >= 0.3 is 0 Å². The highest BCUT2D eigenvalue weighted by Crippen LogP contribution is 2.17. The van der Waals surface area contributed by atoms with Gasteiger partial charge < -0.3 is 10.6 Å². The van der Waals surface area contributed by atoms with Gasteiger partial charge in [0, 0.05) is 36.3 Å². The summed E-state index contributed by atoms with van der Waals surface area (Å²) in [5.41, 5.74) is 2.05. The minimum absolute atomic E-state index is 0.196. The molecule has 2 amide bonds. The predicted molar refractivity (Wildman–Crippen MR) is 96.1 cm³/mol. The zero-order chi connectivity index (χ0) is 18.5. The molecule has 0 aliphatic heterocycles. The van der Waals surface area contributed by atoms with Gasteiger partial charge in [-0.3, -0.25) is 9.59 Å². The van der Waals surface area contributed by atoms with E-state index in [0.29, 0.717) is 22.8 Å². The lowest BCUT2D eigenvalue weighted by Crippen LogP contribution is -2.13. The monoisotopic (exact) mass is 350 g/mol. The number of carbonyl (C=O) groups is 2. The van der Waals surface area contributed by atoms with Crippen LogP contribution in [0, 0.1) is 5.82 Å². The summed E-state index contributed by atoms with van der Waals surface area (Å²) in [7, 11) is 0. The SMILES string of the molecule is CC(=O)Nc1cccc(NC(=O)c2cnc(-c3ccc(F)cc3)nc2)c1. The Kier molecular flexibility index (Phi) is 4.98. The maximum absolute atomic E-state index is 13.0. The number of aromatic nitrogens is 2. The minimum Gasteiger partial charge on any atom is -0.326 e. The molecule has 3 aromatic rings. The van der Waals surface area contributed by atoms with Gasteiger partial charge in [-0.15, -0.1) is 0 Å². The Bertz CT molecular complexity index is 941. The second-order valence-corrected chi connectivity index (χ2v) is 5.52. The normalized spacial score (nSPS) is 10.2. The van der Waals surface area contributed by atoms with Crippen molar-refractivity contribution in [2.75, 3.05) is 10.6 Å². The van der Waals surface area contributed by atoms with Crippen LogP contribution in [0.2, 0.25) is 0 Å². The zero-order valence-electron chi connectivity index (χ0n) is 13.9. The van der Waals surface area contributed by atoms with E-state index in [1.807, 2.05) is 0 Å². The predicted octanol–water partition coefficient (Wildman–Crippen LogP) is 3.49. The Balaban J connectivity index is 1.72. The van der Waals surface area contributed by atoms with Crippen molar-refractivity contribution in [1.29, 1.82) is 0 Å². The van der Waals surface area contributed by atoms with Crippen LogP contribution in [0.1, 0.15) is 17.3 Å². The number of hydrogen-bond acceptors (Lipinski definition) is 4. The minimum atomic E-state index is -0.379. The highest BCUT2D eigenvalue weighted by Gasteiger charge is 2.09. The van der Waals surface area contributed by atoms with Crippen LogP contribution in [0.4, 0.5) is 15.8 Å². The molecule has 0 unspecified atom stereocenters. The van der Waals surface area contributed by atoms with Crippen LogP contribution in [0.5, 0.6) is 0 Å². The molecule has 0 aliphatic carbocycles. The van der Waals surface area contributed by atoms with E-state index >= 15 is 0 Å². The molecule has 3 rings (SSSR count). The molecule has 26 heavy (non-hydrogen) atoms. The average Bonchev–Trinajstić information content (AvgIpc) is 2.62. The molecule has 2 N–H and O–H groups in total. The standard InChI is InChI=1S/C19H15FN4O2/c1-12(25)23-16-3-2-4-17(9-16)24-19(26)14-10-21-18(22-11-14)13-5-7-15(20)8-6-13/h2-11H,1H3,(H,23,25)(H,24,26). The van der Waals surface area contributed by atoms with Crippen molar-refractivity contribution in [3.05, 3.63) is 72.3 Å². The van der Waals surface area contributed by atoms with Gasteiger partial charge in [0.25, 0.3) is 5.91 Å². The Morgan fingerprint density at radius 3 is 2.15 bits per heavy atom. The molecule has 0 saturated carbocycles. The first-order chi connectivity index (χ1) is 12.5. The number of rotatable bonds is 4. The number of amides is 2. The van der Waals surface area contributed by atoms with E-state index in [0.717, 1.165) is 0 Å². The van der Waals surface area contributed by atoms with Gasteiger partial charge in [0.15, 0.2) is 5.82 Å². The lowest BCUT2D eigenvalue weighted by molar-refractivity contribution is -0.114. The molecule has 6 nitrogen and oxygen atoms in total. The van der Waals surface area contributed by atoms with E-state index in [-0.39, 0.29) is 23.2 Å². The number of hydrogen-bond donors (Lipinski definition) is 2. The number of nitrogens with one attached hydrogen (secondary N) is 2. The average molecular weight is 350 g/mol. The molecule has 0 fully saturated rings. The summed E-state index contributed by atoms with van der Waals surface area (Å²) in [6.07, 6.45) is 2.80. The van der Waals surface area contributed by atoms with Crippen LogP contribution in [0.3, 0.4) is 0 Å². The molecule has 0 bridgehead atoms. The van der Waals surface area contributed by atoms with Gasteiger partial charge in [0.1, 0.15) is 5.82 Å². The highest BCUT2D eigenvalue weighted by atomic mass is 19.1. The molecular weight excluding hydrogens is 335 g/mol. The molecule has 2 aromatic carbocycles. The van der Waals surface area contributed by atoms with Crippen LogP contribution in [-0.2, 0) is 4.79 Å². The summed E-state index contributed by atoms with van der Waals surface area (Å²) in [5.74, 6) is -0.519. The van der Waals surface area contributed by atoms with Crippen molar-refractivity contribution in [3.8, 4) is 11.4 Å². The Morgan fingerprint density at radius 1 is 0.923 bits per heavy atom. The fourth-order valence-electron chi connectivity index (χ4n) is 2.27. The lowest BCUT2D eigenvalue weighted by Gasteiger charge is -2.08. The van der Waals surface area contributed by atoms with Crippen molar-refractivity contribution in [3.63, 3.8) is 0 Å². The Labute approximate surface area is 149 Å². The number of anilines is 2. The largest absolute Gasteiger partial charge is 0.326 e. The van der Waals surface area contributed by atoms with Crippen LogP contribution in [0.15, 0.2) is 60.9 Å². The summed E-state index contributed by atoms with van der Waals surface area (Å²) in [6, 6.07) is 12.6. The molecule has 1 aromatic heterocycles. The Morgan fingerprint density at radius 2 is 1.54 bits per heavy atom. The summed E-state index contributed by atoms with van der Waals surface area (Å²) in [4.78, 5) is 31.7. The van der Waals surface area contributed by atoms with E-state index in [1.54, 1.807) is 36.4 Å². The fourth-order valence-corrected chi connectivity index (χ4v) is 2.27. The van der Waals surface area contributed by atoms with Gasteiger partial charge in [-0.25, -0.2) is 14.4 Å². The van der Waals surface area contributed by atoms with Crippen molar-refractivity contribution >= 4 is 23.2 Å². The second kappa shape index (κ2) is 7.52. The maximum atomic E-state index is 13.0. The van der Waals surface area contributed by atoms with E-state index < -0.39 is 0 Å². The van der Waals surface area contributed by atoms with Crippen LogP contribution in [-0.4, -0.2) is 21.8 Å². The maximum Gasteiger partial charge on any atom is 0.258 e. The van der Waals surface area contributed by atoms with Crippen molar-refractivity contribution in [1.82, 2.24) is 9.97 Å². The topological polar surface area (TPSA) is 84.0 Å². The molecule has 130 valence electrons. The number of carbonyl (C=O) groups excluding carboxylic acids is 2. The summed E-state index contributed by atoms with van der Waals surface area (Å²) in [5, 5.41) is 5.36. The second-order valence-electron chi connectivity index (χ2n) is 5.52. The molecular formula is C19H15FN4O2. The van der Waals surface area contributed by atoms with Gasteiger partial charge in [0.05, 0.1) is 5.56 Å². The smallest absolute Gasteiger partial charge is 0.258 e. The van der Waals surface area contributed by atoms with E-state index in [4.69, 9.17) is 0 Å². The fraction of sp³-hybridized carbons (Fsp3) is 0.0526. The first kappa shape index (κ1) is 17.2. The third kappa shape index (κ3) is 4.27. The van der Waals surface area contributed by atoms with Gasteiger partial charge in [0.2, 0.25) is 5.91 Å². The van der Waals surface area contributed by atoms with E-state index in [1.165, 1.54) is 31.5 Å². The lowest BCUT2D eigenvalue weighted by atomic mass is 10.2. The molecule has 7 heteroatoms. The molecule has 0 atom stereocenters. The molecule has 0 saturated heterocycles. The molecule has 0 spiro atoms. The van der Waals surface area contributed by atoms with Crippen molar-refractivity contribution in [2.45, 2.75) is 6.92 Å². The van der Waals surface area contributed by atoms with Crippen molar-refractivity contribution < 1.29 is 14.0 Å². The Hall–Kier alpha value is -3.61. The van der Waals surface area contributed by atoms with Crippen LogP contribution >= 0.6 is 0 Å². The first-order valence-electron chi connectivity index (χ1n) is 7.78. The summed E-state index contributed by atoms with van der Waals surface area (Å²) < 4.78 is 13.0. The highest BCUT2D eigenvalue weighted by molar-refractivity contribution is 6.04. The quantitative estimate of drug-likeness (QED) is 0.754. The van der Waals surface area contributed by atoms with Gasteiger partial charge in [-0.1, -0.05) is 6.07 Å². The summed E-state index contributed by atoms with van der Waals surface area (Å²) in [6.45, 7) is 1.41. The van der Waals surface area contributed by atoms with E-state index in [9.17, 15) is 14.0 Å².